The van der Waals surface area contributed by atoms with E-state index in [0.717, 1.165) is 19.3 Å². The van der Waals surface area contributed by atoms with Gasteiger partial charge in [-0.3, -0.25) is 4.79 Å². The number of hydrogen-bond donors (Lipinski definition) is 0. The van der Waals surface area contributed by atoms with Crippen molar-refractivity contribution in [1.29, 1.82) is 0 Å². The SMILES string of the molecule is CCC(=O)C1C=C(CC)CC1. The van der Waals surface area contributed by atoms with Crippen LogP contribution >= 0.6 is 0 Å². The maximum Gasteiger partial charge on any atom is 0.139 e. The molecule has 0 bridgehead atoms. The second kappa shape index (κ2) is 3.70. The van der Waals surface area contributed by atoms with Crippen molar-refractivity contribution in [3.8, 4) is 0 Å². The summed E-state index contributed by atoms with van der Waals surface area (Å²) in [6.45, 7) is 4.10. The number of hydrogen-bond acceptors (Lipinski definition) is 1. The molecule has 0 fully saturated rings. The van der Waals surface area contributed by atoms with Gasteiger partial charge in [0.2, 0.25) is 0 Å². The lowest BCUT2D eigenvalue weighted by Crippen LogP contribution is -2.07. The van der Waals surface area contributed by atoms with Gasteiger partial charge < -0.3 is 0 Å². The van der Waals surface area contributed by atoms with Gasteiger partial charge in [0.05, 0.1) is 0 Å². The van der Waals surface area contributed by atoms with Crippen molar-refractivity contribution in [3.05, 3.63) is 11.6 Å². The van der Waals surface area contributed by atoms with Crippen molar-refractivity contribution in [2.24, 2.45) is 5.92 Å². The summed E-state index contributed by atoms with van der Waals surface area (Å²) < 4.78 is 0. The van der Waals surface area contributed by atoms with Gasteiger partial charge in [0, 0.05) is 12.3 Å². The highest BCUT2D eigenvalue weighted by molar-refractivity contribution is 5.82. The number of carbonyl (C=O) groups is 1. The zero-order valence-corrected chi connectivity index (χ0v) is 7.39. The van der Waals surface area contributed by atoms with E-state index in [-0.39, 0.29) is 5.92 Å². The predicted molar refractivity (Wildman–Crippen MR) is 46.4 cm³/mol. The molecule has 0 N–H and O–H groups in total. The Balaban J connectivity index is 2.52. The van der Waals surface area contributed by atoms with Crippen LogP contribution in [0.25, 0.3) is 0 Å². The monoisotopic (exact) mass is 152 g/mol. The van der Waals surface area contributed by atoms with Crippen LogP contribution in [0.15, 0.2) is 11.6 Å². The first kappa shape index (κ1) is 8.51. The van der Waals surface area contributed by atoms with E-state index in [0.29, 0.717) is 12.2 Å². The summed E-state index contributed by atoms with van der Waals surface area (Å²) in [4.78, 5) is 11.2. The Labute approximate surface area is 68.5 Å². The van der Waals surface area contributed by atoms with Gasteiger partial charge in [-0.1, -0.05) is 25.5 Å². The molecule has 0 spiro atoms. The molecular weight excluding hydrogens is 136 g/mol. The summed E-state index contributed by atoms with van der Waals surface area (Å²) in [6, 6.07) is 0. The smallest absolute Gasteiger partial charge is 0.139 e. The Morgan fingerprint density at radius 1 is 1.64 bits per heavy atom. The molecule has 1 aliphatic carbocycles. The Kier molecular flexibility index (Phi) is 2.86. The fourth-order valence-corrected chi connectivity index (χ4v) is 1.60. The zero-order valence-electron chi connectivity index (χ0n) is 7.39. The molecule has 0 saturated carbocycles. The fourth-order valence-electron chi connectivity index (χ4n) is 1.60. The van der Waals surface area contributed by atoms with Gasteiger partial charge in [-0.15, -0.1) is 0 Å². The van der Waals surface area contributed by atoms with Crippen molar-refractivity contribution in [3.63, 3.8) is 0 Å². The van der Waals surface area contributed by atoms with Crippen LogP contribution in [0.5, 0.6) is 0 Å². The highest BCUT2D eigenvalue weighted by Crippen LogP contribution is 2.27. The molecule has 0 saturated heterocycles. The maximum atomic E-state index is 11.2. The Hall–Kier alpha value is -0.590. The van der Waals surface area contributed by atoms with Crippen LogP contribution in [0.3, 0.4) is 0 Å². The van der Waals surface area contributed by atoms with Gasteiger partial charge in [0.15, 0.2) is 0 Å². The molecule has 1 aliphatic rings. The molecule has 1 heteroatoms. The van der Waals surface area contributed by atoms with Crippen molar-refractivity contribution in [2.75, 3.05) is 0 Å². The fraction of sp³-hybridized carbons (Fsp3) is 0.700. The first-order valence-corrected chi connectivity index (χ1v) is 4.50. The molecule has 1 rings (SSSR count). The molecule has 1 unspecified atom stereocenters. The minimum atomic E-state index is 0.259. The molecule has 1 nitrogen and oxygen atoms in total. The normalized spacial score (nSPS) is 23.5. The second-order valence-corrected chi connectivity index (χ2v) is 3.14. The molecule has 0 aromatic rings. The average molecular weight is 152 g/mol. The van der Waals surface area contributed by atoms with E-state index in [4.69, 9.17) is 0 Å². The van der Waals surface area contributed by atoms with Gasteiger partial charge >= 0.3 is 0 Å². The first-order chi connectivity index (χ1) is 5.27. The van der Waals surface area contributed by atoms with E-state index >= 15 is 0 Å². The van der Waals surface area contributed by atoms with Crippen LogP contribution in [-0.4, -0.2) is 5.78 Å². The lowest BCUT2D eigenvalue weighted by molar-refractivity contribution is -0.121. The van der Waals surface area contributed by atoms with E-state index in [1.54, 1.807) is 0 Å². The molecular formula is C10H16O. The zero-order chi connectivity index (χ0) is 8.27. The third kappa shape index (κ3) is 1.92. The molecule has 0 aromatic carbocycles. The highest BCUT2D eigenvalue weighted by atomic mass is 16.1. The third-order valence-corrected chi connectivity index (χ3v) is 2.43. The summed E-state index contributed by atoms with van der Waals surface area (Å²) in [5.74, 6) is 0.670. The first-order valence-electron chi connectivity index (χ1n) is 4.50. The molecule has 0 aliphatic heterocycles. The van der Waals surface area contributed by atoms with Crippen molar-refractivity contribution in [1.82, 2.24) is 0 Å². The minimum Gasteiger partial charge on any atom is -0.299 e. The van der Waals surface area contributed by atoms with E-state index in [1.807, 2.05) is 6.92 Å². The summed E-state index contributed by atoms with van der Waals surface area (Å²) in [5, 5.41) is 0. The lowest BCUT2D eigenvalue weighted by atomic mass is 10.0. The Morgan fingerprint density at radius 3 is 2.82 bits per heavy atom. The van der Waals surface area contributed by atoms with E-state index in [2.05, 4.69) is 13.0 Å². The summed E-state index contributed by atoms with van der Waals surface area (Å²) >= 11 is 0. The Bertz CT molecular complexity index is 179. The molecule has 0 heterocycles. The van der Waals surface area contributed by atoms with Gasteiger partial charge in [-0.05, 0) is 19.3 Å². The van der Waals surface area contributed by atoms with Gasteiger partial charge in [0.1, 0.15) is 5.78 Å². The summed E-state index contributed by atoms with van der Waals surface area (Å²) in [5.41, 5.74) is 1.47. The molecule has 62 valence electrons. The Morgan fingerprint density at radius 2 is 2.36 bits per heavy atom. The average Bonchev–Trinajstić information content (AvgIpc) is 2.50. The third-order valence-electron chi connectivity index (χ3n) is 2.43. The van der Waals surface area contributed by atoms with Crippen molar-refractivity contribution < 1.29 is 4.79 Å². The summed E-state index contributed by atoms with van der Waals surface area (Å²) in [6.07, 6.45) is 6.19. The number of Topliss-reactive ketones (excluding diaryl/α,β-unsaturated/α-hetero) is 1. The quantitative estimate of drug-likeness (QED) is 0.568. The number of ketones is 1. The standard InChI is InChI=1S/C10H16O/c1-3-8-5-6-9(7-8)10(11)4-2/h7,9H,3-6H2,1-2H3. The van der Waals surface area contributed by atoms with Crippen molar-refractivity contribution in [2.45, 2.75) is 39.5 Å². The molecule has 0 radical (unpaired) electrons. The van der Waals surface area contributed by atoms with Gasteiger partial charge in [-0.25, -0.2) is 0 Å². The highest BCUT2D eigenvalue weighted by Gasteiger charge is 2.19. The molecule has 0 aromatic heterocycles. The molecule has 0 amide bonds. The second-order valence-electron chi connectivity index (χ2n) is 3.14. The van der Waals surface area contributed by atoms with E-state index < -0.39 is 0 Å². The predicted octanol–water partition coefficient (Wildman–Crippen LogP) is 2.71. The number of allylic oxidation sites excluding steroid dienone is 2. The van der Waals surface area contributed by atoms with Crippen LogP contribution in [0, 0.1) is 5.92 Å². The van der Waals surface area contributed by atoms with Gasteiger partial charge in [0.25, 0.3) is 0 Å². The van der Waals surface area contributed by atoms with Crippen LogP contribution in [-0.2, 0) is 4.79 Å². The lowest BCUT2D eigenvalue weighted by Gasteiger charge is -2.01. The van der Waals surface area contributed by atoms with Crippen LogP contribution in [0.4, 0.5) is 0 Å². The molecule has 11 heavy (non-hydrogen) atoms. The number of carbonyl (C=O) groups excluding carboxylic acids is 1. The largest absolute Gasteiger partial charge is 0.299 e. The van der Waals surface area contributed by atoms with Crippen LogP contribution in [0.2, 0.25) is 0 Å². The minimum absolute atomic E-state index is 0.259. The maximum absolute atomic E-state index is 11.2. The van der Waals surface area contributed by atoms with Gasteiger partial charge in [-0.2, -0.15) is 0 Å². The van der Waals surface area contributed by atoms with Crippen LogP contribution in [0.1, 0.15) is 39.5 Å². The van der Waals surface area contributed by atoms with E-state index in [1.165, 1.54) is 5.57 Å². The van der Waals surface area contributed by atoms with Crippen LogP contribution < -0.4 is 0 Å². The molecule has 1 atom stereocenters. The topological polar surface area (TPSA) is 17.1 Å². The van der Waals surface area contributed by atoms with Crippen molar-refractivity contribution >= 4 is 5.78 Å². The number of rotatable bonds is 3. The summed E-state index contributed by atoms with van der Waals surface area (Å²) in [7, 11) is 0. The van der Waals surface area contributed by atoms with E-state index in [9.17, 15) is 4.79 Å².